The molecule has 1 saturated heterocycles. The molecule has 1 heterocycles. The van der Waals surface area contributed by atoms with Gasteiger partial charge in [0.2, 0.25) is 0 Å². The van der Waals surface area contributed by atoms with E-state index in [1.54, 1.807) is 40.1 Å². The molecule has 1 aliphatic heterocycles. The van der Waals surface area contributed by atoms with Gasteiger partial charge in [0.1, 0.15) is 5.82 Å². The third-order valence-corrected chi connectivity index (χ3v) is 8.01. The Morgan fingerprint density at radius 1 is 0.857 bits per heavy atom. The van der Waals surface area contributed by atoms with Crippen molar-refractivity contribution in [3.8, 4) is 0 Å². The van der Waals surface area contributed by atoms with Crippen LogP contribution in [0.5, 0.6) is 0 Å². The monoisotopic (exact) mass is 515 g/mol. The van der Waals surface area contributed by atoms with Crippen LogP contribution in [0.1, 0.15) is 20.7 Å². The van der Waals surface area contributed by atoms with Crippen molar-refractivity contribution in [1.29, 1.82) is 0 Å². The van der Waals surface area contributed by atoms with E-state index in [1.165, 1.54) is 47.8 Å². The van der Waals surface area contributed by atoms with Crippen molar-refractivity contribution in [1.82, 2.24) is 9.80 Å². The largest absolute Gasteiger partial charge is 0.335 e. The van der Waals surface area contributed by atoms with Crippen LogP contribution in [-0.2, 0) is 10.0 Å². The summed E-state index contributed by atoms with van der Waals surface area (Å²) >= 11 is 6.00. The number of rotatable bonds is 5. The lowest BCUT2D eigenvalue weighted by molar-refractivity contribution is 0.0535. The minimum atomic E-state index is -3.78. The average molecular weight is 516 g/mol. The number of hydrogen-bond acceptors (Lipinski definition) is 4. The highest BCUT2D eigenvalue weighted by Crippen LogP contribution is 2.23. The zero-order chi connectivity index (χ0) is 25.2. The molecule has 3 aromatic carbocycles. The van der Waals surface area contributed by atoms with E-state index in [-0.39, 0.29) is 27.3 Å². The molecule has 2 amide bonds. The van der Waals surface area contributed by atoms with Gasteiger partial charge in [0, 0.05) is 38.8 Å². The van der Waals surface area contributed by atoms with Gasteiger partial charge in [-0.05, 0) is 54.6 Å². The van der Waals surface area contributed by atoms with E-state index in [4.69, 9.17) is 11.6 Å². The fourth-order valence-corrected chi connectivity index (χ4v) is 5.28. The standard InChI is InChI=1S/C25H23ClFN3O4S/c1-28(20-5-3-2-4-6-20)35(33,34)21-10-7-18(8-11-21)24(31)29-13-15-30(16-14-29)25(32)22-12-9-19(27)17-23(22)26/h2-12,17H,13-16H2,1H3. The molecule has 182 valence electrons. The Labute approximate surface area is 208 Å². The van der Waals surface area contributed by atoms with Gasteiger partial charge in [0.05, 0.1) is 21.2 Å². The Bertz CT molecular complexity index is 1340. The molecule has 0 atom stereocenters. The van der Waals surface area contributed by atoms with Crippen LogP contribution < -0.4 is 4.31 Å². The maximum Gasteiger partial charge on any atom is 0.264 e. The third-order valence-electron chi connectivity index (χ3n) is 5.90. The van der Waals surface area contributed by atoms with Gasteiger partial charge in [-0.3, -0.25) is 13.9 Å². The van der Waals surface area contributed by atoms with Crippen LogP contribution in [-0.4, -0.2) is 63.3 Å². The molecular formula is C25H23ClFN3O4S. The van der Waals surface area contributed by atoms with Gasteiger partial charge in [-0.2, -0.15) is 0 Å². The highest BCUT2D eigenvalue weighted by Gasteiger charge is 2.27. The second-order valence-electron chi connectivity index (χ2n) is 8.04. The van der Waals surface area contributed by atoms with E-state index in [2.05, 4.69) is 0 Å². The van der Waals surface area contributed by atoms with E-state index in [0.29, 0.717) is 37.4 Å². The molecule has 0 aromatic heterocycles. The summed E-state index contributed by atoms with van der Waals surface area (Å²) in [5.41, 5.74) is 1.10. The van der Waals surface area contributed by atoms with E-state index in [0.717, 1.165) is 6.07 Å². The fourth-order valence-electron chi connectivity index (χ4n) is 3.83. The van der Waals surface area contributed by atoms with E-state index in [1.807, 2.05) is 0 Å². The van der Waals surface area contributed by atoms with E-state index in [9.17, 15) is 22.4 Å². The zero-order valence-electron chi connectivity index (χ0n) is 18.9. The summed E-state index contributed by atoms with van der Waals surface area (Å²) in [6.45, 7) is 1.21. The van der Waals surface area contributed by atoms with Gasteiger partial charge in [0.15, 0.2) is 0 Å². The number of hydrogen-bond donors (Lipinski definition) is 0. The summed E-state index contributed by atoms with van der Waals surface area (Å²) in [7, 11) is -2.30. The normalized spacial score (nSPS) is 14.0. The Morgan fingerprint density at radius 3 is 2.00 bits per heavy atom. The van der Waals surface area contributed by atoms with Crippen LogP contribution >= 0.6 is 11.6 Å². The Morgan fingerprint density at radius 2 is 1.43 bits per heavy atom. The lowest BCUT2D eigenvalue weighted by Gasteiger charge is -2.35. The summed E-state index contributed by atoms with van der Waals surface area (Å²) in [6, 6.07) is 18.1. The Balaban J connectivity index is 1.40. The second-order valence-corrected chi connectivity index (χ2v) is 10.4. The number of nitrogens with zero attached hydrogens (tertiary/aromatic N) is 3. The lowest BCUT2D eigenvalue weighted by Crippen LogP contribution is -2.50. The Kier molecular flexibility index (Phi) is 7.09. The number of benzene rings is 3. The summed E-state index contributed by atoms with van der Waals surface area (Å²) < 4.78 is 40.3. The topological polar surface area (TPSA) is 78.0 Å². The molecule has 4 rings (SSSR count). The first-order valence-corrected chi connectivity index (χ1v) is 12.7. The van der Waals surface area contributed by atoms with Gasteiger partial charge >= 0.3 is 0 Å². The van der Waals surface area contributed by atoms with Crippen LogP contribution in [0.15, 0.2) is 77.7 Å². The highest BCUT2D eigenvalue weighted by atomic mass is 35.5. The van der Waals surface area contributed by atoms with Gasteiger partial charge in [-0.25, -0.2) is 12.8 Å². The smallest absolute Gasteiger partial charge is 0.264 e. The number of sulfonamides is 1. The maximum atomic E-state index is 13.3. The summed E-state index contributed by atoms with van der Waals surface area (Å²) in [4.78, 5) is 28.9. The minimum Gasteiger partial charge on any atom is -0.335 e. The number of amides is 2. The molecule has 1 aliphatic rings. The van der Waals surface area contributed by atoms with E-state index < -0.39 is 15.8 Å². The molecule has 3 aromatic rings. The second kappa shape index (κ2) is 10.1. The Hall–Kier alpha value is -3.43. The van der Waals surface area contributed by atoms with Gasteiger partial charge in [-0.1, -0.05) is 29.8 Å². The molecule has 0 N–H and O–H groups in total. The maximum absolute atomic E-state index is 13.3. The molecule has 35 heavy (non-hydrogen) atoms. The molecule has 10 heteroatoms. The van der Waals surface area contributed by atoms with Gasteiger partial charge < -0.3 is 9.80 Å². The number of carbonyl (C=O) groups is 2. The summed E-state index contributed by atoms with van der Waals surface area (Å²) in [5, 5.41) is 0.0430. The number of piperazine rings is 1. The molecule has 0 bridgehead atoms. The predicted molar refractivity (Wildman–Crippen MR) is 132 cm³/mol. The molecular weight excluding hydrogens is 493 g/mol. The predicted octanol–water partition coefficient (Wildman–Crippen LogP) is 3.90. The number of para-hydroxylation sites is 1. The van der Waals surface area contributed by atoms with Crippen molar-refractivity contribution >= 4 is 39.1 Å². The number of halogens is 2. The first-order chi connectivity index (χ1) is 16.7. The lowest BCUT2D eigenvalue weighted by atomic mass is 10.1. The molecule has 7 nitrogen and oxygen atoms in total. The van der Waals surface area contributed by atoms with Gasteiger partial charge in [0.25, 0.3) is 21.8 Å². The van der Waals surface area contributed by atoms with E-state index >= 15 is 0 Å². The quantitative estimate of drug-likeness (QED) is 0.516. The SMILES string of the molecule is CN(c1ccccc1)S(=O)(=O)c1ccc(C(=O)N2CCN(C(=O)c3ccc(F)cc3Cl)CC2)cc1. The van der Waals surface area contributed by atoms with Crippen molar-refractivity contribution in [3.63, 3.8) is 0 Å². The van der Waals surface area contributed by atoms with Crippen molar-refractivity contribution in [2.24, 2.45) is 0 Å². The fraction of sp³-hybridized carbons (Fsp3) is 0.200. The van der Waals surface area contributed by atoms with Crippen LogP contribution in [0.25, 0.3) is 0 Å². The van der Waals surface area contributed by atoms with Crippen LogP contribution in [0.3, 0.4) is 0 Å². The van der Waals surface area contributed by atoms with Crippen molar-refractivity contribution < 1.29 is 22.4 Å². The zero-order valence-corrected chi connectivity index (χ0v) is 20.5. The molecule has 0 unspecified atom stereocenters. The minimum absolute atomic E-state index is 0.0430. The van der Waals surface area contributed by atoms with Crippen molar-refractivity contribution in [2.45, 2.75) is 4.90 Å². The first-order valence-electron chi connectivity index (χ1n) is 10.9. The molecule has 0 saturated carbocycles. The summed E-state index contributed by atoms with van der Waals surface area (Å²) in [5.74, 6) is -1.09. The van der Waals surface area contributed by atoms with Crippen molar-refractivity contribution in [2.75, 3.05) is 37.5 Å². The average Bonchev–Trinajstić information content (AvgIpc) is 2.88. The summed E-state index contributed by atoms with van der Waals surface area (Å²) in [6.07, 6.45) is 0. The molecule has 0 radical (unpaired) electrons. The first kappa shape index (κ1) is 24.7. The molecule has 0 aliphatic carbocycles. The van der Waals surface area contributed by atoms with Crippen LogP contribution in [0.2, 0.25) is 5.02 Å². The van der Waals surface area contributed by atoms with Crippen molar-refractivity contribution in [3.05, 3.63) is 94.8 Å². The number of carbonyl (C=O) groups excluding carboxylic acids is 2. The van der Waals surface area contributed by atoms with Gasteiger partial charge in [-0.15, -0.1) is 0 Å². The molecule has 0 spiro atoms. The number of anilines is 1. The molecule has 1 fully saturated rings. The highest BCUT2D eigenvalue weighted by molar-refractivity contribution is 7.92. The third kappa shape index (κ3) is 5.16. The van der Waals surface area contributed by atoms with Crippen LogP contribution in [0, 0.1) is 5.82 Å². The van der Waals surface area contributed by atoms with Crippen LogP contribution in [0.4, 0.5) is 10.1 Å².